The van der Waals surface area contributed by atoms with Crippen LogP contribution in [0.25, 0.3) is 22.3 Å². The molecular formula is C16H11ClF2N2. The van der Waals surface area contributed by atoms with Crippen molar-refractivity contribution in [3.8, 4) is 11.4 Å². The molecule has 5 heteroatoms. The number of rotatable bonds is 2. The Labute approximate surface area is 125 Å². The van der Waals surface area contributed by atoms with Crippen molar-refractivity contribution >= 4 is 22.5 Å². The van der Waals surface area contributed by atoms with E-state index in [0.717, 1.165) is 29.7 Å². The summed E-state index contributed by atoms with van der Waals surface area (Å²) >= 11 is 6.07. The molecule has 0 aliphatic heterocycles. The van der Waals surface area contributed by atoms with Gasteiger partial charge in [0, 0.05) is 17.0 Å². The molecule has 0 radical (unpaired) electrons. The molecule has 0 unspecified atom stereocenters. The van der Waals surface area contributed by atoms with Gasteiger partial charge in [-0.1, -0.05) is 42.8 Å². The van der Waals surface area contributed by atoms with Gasteiger partial charge < -0.3 is 0 Å². The van der Waals surface area contributed by atoms with Gasteiger partial charge in [-0.25, -0.2) is 18.7 Å². The van der Waals surface area contributed by atoms with Crippen molar-refractivity contribution in [2.24, 2.45) is 0 Å². The lowest BCUT2D eigenvalue weighted by atomic mass is 10.0. The molecule has 0 aliphatic carbocycles. The van der Waals surface area contributed by atoms with Crippen molar-refractivity contribution in [2.45, 2.75) is 13.3 Å². The summed E-state index contributed by atoms with van der Waals surface area (Å²) in [6.45, 7) is 2.01. The Morgan fingerprint density at radius 1 is 1.10 bits per heavy atom. The monoisotopic (exact) mass is 304 g/mol. The van der Waals surface area contributed by atoms with Gasteiger partial charge in [0.05, 0.1) is 0 Å². The average Bonchev–Trinajstić information content (AvgIpc) is 2.48. The van der Waals surface area contributed by atoms with Crippen molar-refractivity contribution in [3.63, 3.8) is 0 Å². The number of fused-ring (bicyclic) bond motifs is 1. The Balaban J connectivity index is 2.30. The maximum atomic E-state index is 13.9. The molecule has 0 fully saturated rings. The van der Waals surface area contributed by atoms with E-state index in [1.165, 1.54) is 0 Å². The van der Waals surface area contributed by atoms with E-state index in [9.17, 15) is 8.78 Å². The first-order valence-corrected chi connectivity index (χ1v) is 6.88. The second kappa shape index (κ2) is 5.37. The van der Waals surface area contributed by atoms with Gasteiger partial charge in [0.1, 0.15) is 16.5 Å². The molecule has 0 atom stereocenters. The highest BCUT2D eigenvalue weighted by Gasteiger charge is 2.14. The molecule has 0 spiro atoms. The van der Waals surface area contributed by atoms with Crippen LogP contribution in [0.2, 0.25) is 5.15 Å². The van der Waals surface area contributed by atoms with Gasteiger partial charge in [-0.2, -0.15) is 0 Å². The topological polar surface area (TPSA) is 25.8 Å². The van der Waals surface area contributed by atoms with Crippen LogP contribution in [0.1, 0.15) is 12.5 Å². The van der Waals surface area contributed by atoms with Gasteiger partial charge >= 0.3 is 0 Å². The number of hydrogen-bond donors (Lipinski definition) is 0. The van der Waals surface area contributed by atoms with Crippen molar-refractivity contribution in [1.29, 1.82) is 0 Å². The number of halogens is 3. The largest absolute Gasteiger partial charge is 0.225 e. The highest BCUT2D eigenvalue weighted by atomic mass is 35.5. The van der Waals surface area contributed by atoms with E-state index in [-0.39, 0.29) is 16.1 Å². The molecule has 2 aromatic carbocycles. The first-order valence-electron chi connectivity index (χ1n) is 6.50. The zero-order chi connectivity index (χ0) is 15.0. The summed E-state index contributed by atoms with van der Waals surface area (Å²) in [4.78, 5) is 8.40. The minimum absolute atomic E-state index is 0.0253. The van der Waals surface area contributed by atoms with Gasteiger partial charge in [0.25, 0.3) is 0 Å². The third-order valence-electron chi connectivity index (χ3n) is 3.31. The number of nitrogens with zero attached hydrogens (tertiary/aromatic N) is 2. The van der Waals surface area contributed by atoms with Crippen LogP contribution in [-0.4, -0.2) is 9.97 Å². The van der Waals surface area contributed by atoms with Gasteiger partial charge in [-0.15, -0.1) is 0 Å². The smallest absolute Gasteiger partial charge is 0.161 e. The maximum absolute atomic E-state index is 13.9. The van der Waals surface area contributed by atoms with Crippen LogP contribution in [0.4, 0.5) is 8.78 Å². The predicted molar refractivity (Wildman–Crippen MR) is 79.3 cm³/mol. The molecule has 0 bridgehead atoms. The zero-order valence-electron chi connectivity index (χ0n) is 11.2. The van der Waals surface area contributed by atoms with Crippen LogP contribution in [0.15, 0.2) is 36.4 Å². The minimum Gasteiger partial charge on any atom is -0.225 e. The van der Waals surface area contributed by atoms with Crippen LogP contribution in [0.5, 0.6) is 0 Å². The van der Waals surface area contributed by atoms with E-state index in [0.29, 0.717) is 5.82 Å². The molecule has 3 aromatic rings. The highest BCUT2D eigenvalue weighted by Crippen LogP contribution is 2.28. The molecular weight excluding hydrogens is 294 g/mol. The van der Waals surface area contributed by atoms with E-state index in [2.05, 4.69) is 9.97 Å². The van der Waals surface area contributed by atoms with Gasteiger partial charge in [0.2, 0.25) is 0 Å². The fraction of sp³-hybridized carbons (Fsp3) is 0.125. The second-order valence-corrected chi connectivity index (χ2v) is 4.99. The van der Waals surface area contributed by atoms with Gasteiger partial charge in [-0.05, 0) is 18.1 Å². The molecule has 1 aromatic heterocycles. The molecule has 3 rings (SSSR count). The SMILES string of the molecule is CCc1ccccc1-c1nc(Cl)c2cc(F)cc(F)c2n1. The summed E-state index contributed by atoms with van der Waals surface area (Å²) in [5, 5.41) is 0.214. The Hall–Kier alpha value is -2.07. The molecule has 21 heavy (non-hydrogen) atoms. The third-order valence-corrected chi connectivity index (χ3v) is 3.60. The Bertz CT molecular complexity index is 834. The summed E-state index contributed by atoms with van der Waals surface area (Å²) in [6, 6.07) is 9.52. The first kappa shape index (κ1) is 13.9. The maximum Gasteiger partial charge on any atom is 0.161 e. The lowest BCUT2D eigenvalue weighted by Gasteiger charge is -2.09. The average molecular weight is 305 g/mol. The minimum atomic E-state index is -0.746. The molecule has 0 saturated carbocycles. The van der Waals surface area contributed by atoms with E-state index in [1.807, 2.05) is 31.2 Å². The van der Waals surface area contributed by atoms with Crippen LogP contribution in [0.3, 0.4) is 0 Å². The molecule has 2 nitrogen and oxygen atoms in total. The summed E-state index contributed by atoms with van der Waals surface area (Å²) in [5.74, 6) is -1.10. The van der Waals surface area contributed by atoms with Crippen LogP contribution in [-0.2, 0) is 6.42 Å². The quantitative estimate of drug-likeness (QED) is 0.636. The summed E-state index contributed by atoms with van der Waals surface area (Å²) in [6.07, 6.45) is 0.793. The Morgan fingerprint density at radius 2 is 1.86 bits per heavy atom. The van der Waals surface area contributed by atoms with Crippen molar-refractivity contribution in [2.75, 3.05) is 0 Å². The Kier molecular flexibility index (Phi) is 3.55. The predicted octanol–water partition coefficient (Wildman–Crippen LogP) is 4.79. The zero-order valence-corrected chi connectivity index (χ0v) is 12.0. The Morgan fingerprint density at radius 3 is 2.62 bits per heavy atom. The normalized spacial score (nSPS) is 11.0. The van der Waals surface area contributed by atoms with E-state index in [1.54, 1.807) is 0 Å². The van der Waals surface area contributed by atoms with Gasteiger partial charge in [-0.3, -0.25) is 0 Å². The summed E-state index contributed by atoms with van der Waals surface area (Å²) in [7, 11) is 0. The van der Waals surface area contributed by atoms with Crippen LogP contribution >= 0.6 is 11.6 Å². The van der Waals surface area contributed by atoms with Crippen molar-refractivity contribution < 1.29 is 8.78 Å². The lowest BCUT2D eigenvalue weighted by molar-refractivity contribution is 0.590. The molecule has 0 saturated heterocycles. The second-order valence-electron chi connectivity index (χ2n) is 4.63. The van der Waals surface area contributed by atoms with E-state index >= 15 is 0 Å². The number of aryl methyl sites for hydroxylation is 1. The van der Waals surface area contributed by atoms with Gasteiger partial charge in [0.15, 0.2) is 11.6 Å². The summed E-state index contributed by atoms with van der Waals surface area (Å²) < 4.78 is 27.2. The number of benzene rings is 2. The van der Waals surface area contributed by atoms with Crippen molar-refractivity contribution in [1.82, 2.24) is 9.97 Å². The van der Waals surface area contributed by atoms with Crippen molar-refractivity contribution in [3.05, 3.63) is 58.7 Å². The number of aromatic nitrogens is 2. The molecule has 0 amide bonds. The summed E-state index contributed by atoms with van der Waals surface area (Å²) in [5.41, 5.74) is 1.86. The first-order chi connectivity index (χ1) is 10.1. The fourth-order valence-corrected chi connectivity index (χ4v) is 2.51. The lowest BCUT2D eigenvalue weighted by Crippen LogP contribution is -1.97. The van der Waals surface area contributed by atoms with E-state index < -0.39 is 11.6 Å². The molecule has 106 valence electrons. The third kappa shape index (κ3) is 2.47. The standard InChI is InChI=1S/C16H11ClF2N2/c1-2-9-5-3-4-6-11(9)16-20-14-12(15(17)21-16)7-10(18)8-13(14)19/h3-8H,2H2,1H3. The molecule has 0 aliphatic rings. The van der Waals surface area contributed by atoms with Crippen LogP contribution < -0.4 is 0 Å². The van der Waals surface area contributed by atoms with E-state index in [4.69, 9.17) is 11.6 Å². The highest BCUT2D eigenvalue weighted by molar-refractivity contribution is 6.34. The number of hydrogen-bond acceptors (Lipinski definition) is 2. The van der Waals surface area contributed by atoms with Crippen LogP contribution in [0, 0.1) is 11.6 Å². The fourth-order valence-electron chi connectivity index (χ4n) is 2.29. The molecule has 1 heterocycles. The molecule has 0 N–H and O–H groups in total.